The molecule has 8 aromatic carbocycles. The van der Waals surface area contributed by atoms with Crippen molar-refractivity contribution < 1.29 is 4.74 Å². The maximum absolute atomic E-state index is 6.64. The number of benzene rings is 8. The van der Waals surface area contributed by atoms with Crippen molar-refractivity contribution in [2.75, 3.05) is 0 Å². The normalized spacial score (nSPS) is 12.6. The van der Waals surface area contributed by atoms with Crippen molar-refractivity contribution in [3.63, 3.8) is 0 Å². The van der Waals surface area contributed by atoms with Crippen molar-refractivity contribution in [1.82, 2.24) is 9.97 Å². The number of ether oxygens (including phenoxy) is 1. The number of fused-ring (bicyclic) bond motifs is 2. The van der Waals surface area contributed by atoms with E-state index in [1.165, 1.54) is 11.1 Å². The van der Waals surface area contributed by atoms with Crippen LogP contribution in [0.4, 0.5) is 0 Å². The van der Waals surface area contributed by atoms with E-state index in [9.17, 15) is 0 Å². The highest BCUT2D eigenvalue weighted by Gasteiger charge is 2.46. The van der Waals surface area contributed by atoms with Crippen molar-refractivity contribution in [1.29, 1.82) is 0 Å². The molecule has 0 amide bonds. The summed E-state index contributed by atoms with van der Waals surface area (Å²) in [7, 11) is 0. The summed E-state index contributed by atoms with van der Waals surface area (Å²) in [5, 5.41) is 0. The molecule has 0 unspecified atom stereocenters. The summed E-state index contributed by atoms with van der Waals surface area (Å²) in [6.07, 6.45) is 0. The van der Waals surface area contributed by atoms with Gasteiger partial charge in [-0.25, -0.2) is 9.97 Å². The SMILES string of the molecule is c1ccc(-c2ccc(-c3cc(-c4ccccc4-c4ccccc4C4(c5ccccc5)c5ccccc5Oc5ccccc54)nc(-c4ccccc4)n3)cc2)cc1. The summed E-state index contributed by atoms with van der Waals surface area (Å²) in [6, 6.07) is 76.8. The predicted molar refractivity (Wildman–Crippen MR) is 228 cm³/mol. The minimum absolute atomic E-state index is 0.678. The van der Waals surface area contributed by atoms with Crippen molar-refractivity contribution >= 4 is 0 Å². The van der Waals surface area contributed by atoms with Crippen molar-refractivity contribution in [3.05, 3.63) is 241 Å². The zero-order chi connectivity index (χ0) is 37.3. The number of aromatic nitrogens is 2. The average molecular weight is 717 g/mol. The van der Waals surface area contributed by atoms with Gasteiger partial charge in [0.15, 0.2) is 5.82 Å². The lowest BCUT2D eigenvalue weighted by atomic mass is 9.62. The lowest BCUT2D eigenvalue weighted by Crippen LogP contribution is -2.34. The molecule has 264 valence electrons. The molecule has 0 saturated heterocycles. The van der Waals surface area contributed by atoms with Gasteiger partial charge in [0.25, 0.3) is 0 Å². The molecule has 0 fully saturated rings. The van der Waals surface area contributed by atoms with Crippen LogP contribution < -0.4 is 4.74 Å². The lowest BCUT2D eigenvalue weighted by Gasteiger charge is -2.42. The smallest absolute Gasteiger partial charge is 0.160 e. The minimum atomic E-state index is -0.678. The second kappa shape index (κ2) is 14.1. The highest BCUT2D eigenvalue weighted by Crippen LogP contribution is 2.57. The largest absolute Gasteiger partial charge is 0.457 e. The quantitative estimate of drug-likeness (QED) is 0.165. The van der Waals surface area contributed by atoms with Crippen LogP contribution >= 0.6 is 0 Å². The van der Waals surface area contributed by atoms with Gasteiger partial charge in [0.05, 0.1) is 16.8 Å². The van der Waals surface area contributed by atoms with Crippen molar-refractivity contribution in [3.8, 4) is 67.7 Å². The molecule has 3 nitrogen and oxygen atoms in total. The zero-order valence-corrected chi connectivity index (χ0v) is 30.6. The first kappa shape index (κ1) is 33.2. The molecule has 0 N–H and O–H groups in total. The van der Waals surface area contributed by atoms with E-state index in [1.807, 2.05) is 24.3 Å². The van der Waals surface area contributed by atoms with E-state index in [0.29, 0.717) is 5.82 Å². The van der Waals surface area contributed by atoms with Crippen LogP contribution in [-0.2, 0) is 5.41 Å². The van der Waals surface area contributed by atoms with Crippen LogP contribution in [0, 0.1) is 0 Å². The molecule has 0 atom stereocenters. The van der Waals surface area contributed by atoms with E-state index < -0.39 is 5.41 Å². The highest BCUT2D eigenvalue weighted by atomic mass is 16.5. The molecule has 0 bridgehead atoms. The summed E-state index contributed by atoms with van der Waals surface area (Å²) in [6.45, 7) is 0. The Kier molecular flexibility index (Phi) is 8.38. The number of hydrogen-bond acceptors (Lipinski definition) is 3. The Balaban J connectivity index is 1.20. The van der Waals surface area contributed by atoms with Gasteiger partial charge in [-0.2, -0.15) is 0 Å². The summed E-state index contributed by atoms with van der Waals surface area (Å²) in [5.74, 6) is 2.38. The van der Waals surface area contributed by atoms with Gasteiger partial charge in [0.2, 0.25) is 0 Å². The summed E-state index contributed by atoms with van der Waals surface area (Å²) >= 11 is 0. The topological polar surface area (TPSA) is 35.0 Å². The first-order valence-corrected chi connectivity index (χ1v) is 19.0. The lowest BCUT2D eigenvalue weighted by molar-refractivity contribution is 0.434. The first-order chi connectivity index (χ1) is 27.8. The Morgan fingerprint density at radius 2 is 0.768 bits per heavy atom. The maximum Gasteiger partial charge on any atom is 0.160 e. The van der Waals surface area contributed by atoms with Crippen LogP contribution in [0.3, 0.4) is 0 Å². The standard InChI is InChI=1S/C53H36N2O/c1-4-18-37(19-5-1)38-32-34-39(35-33-38)48-36-49(55-52(54-48)40-20-6-2-7-21-40)44-26-11-10-24-42(44)43-25-12-13-27-45(43)53(41-22-8-3-9-23-41)46-28-14-16-30-50(46)56-51-31-17-15-29-47(51)53/h1-36H. The molecule has 0 saturated carbocycles. The third-order valence-electron chi connectivity index (χ3n) is 10.9. The van der Waals surface area contributed by atoms with Crippen LogP contribution in [0.2, 0.25) is 0 Å². The van der Waals surface area contributed by atoms with Gasteiger partial charge in [0.1, 0.15) is 11.5 Å². The van der Waals surface area contributed by atoms with Gasteiger partial charge in [-0.1, -0.05) is 200 Å². The van der Waals surface area contributed by atoms with E-state index in [0.717, 1.165) is 73.0 Å². The first-order valence-electron chi connectivity index (χ1n) is 19.0. The number of nitrogens with zero attached hydrogens (tertiary/aromatic N) is 2. The minimum Gasteiger partial charge on any atom is -0.457 e. The molecule has 1 aromatic heterocycles. The van der Waals surface area contributed by atoms with Gasteiger partial charge in [-0.05, 0) is 51.6 Å². The van der Waals surface area contributed by atoms with Crippen LogP contribution in [0.1, 0.15) is 22.3 Å². The molecule has 0 radical (unpaired) electrons. The molecule has 0 aliphatic carbocycles. The molecule has 56 heavy (non-hydrogen) atoms. The molecule has 1 aliphatic heterocycles. The molecule has 2 heterocycles. The van der Waals surface area contributed by atoms with Crippen LogP contribution in [0.5, 0.6) is 11.5 Å². The van der Waals surface area contributed by atoms with E-state index >= 15 is 0 Å². The van der Waals surface area contributed by atoms with Gasteiger partial charge in [-0.15, -0.1) is 0 Å². The number of para-hydroxylation sites is 2. The van der Waals surface area contributed by atoms with E-state index in [1.54, 1.807) is 0 Å². The molecule has 10 rings (SSSR count). The monoisotopic (exact) mass is 716 g/mol. The Hall–Kier alpha value is -7.36. The Labute approximate surface area is 327 Å². The van der Waals surface area contributed by atoms with Crippen molar-refractivity contribution in [2.24, 2.45) is 0 Å². The summed E-state index contributed by atoms with van der Waals surface area (Å²) in [5.41, 5.74) is 13.2. The van der Waals surface area contributed by atoms with Gasteiger partial charge < -0.3 is 4.74 Å². The Bertz CT molecular complexity index is 2770. The second-order valence-corrected chi connectivity index (χ2v) is 14.1. The highest BCUT2D eigenvalue weighted by molar-refractivity contribution is 5.88. The fourth-order valence-corrected chi connectivity index (χ4v) is 8.34. The molecule has 3 heteroatoms. The van der Waals surface area contributed by atoms with E-state index in [-0.39, 0.29) is 0 Å². The summed E-state index contributed by atoms with van der Waals surface area (Å²) in [4.78, 5) is 10.5. The van der Waals surface area contributed by atoms with Crippen molar-refractivity contribution in [2.45, 2.75) is 5.41 Å². The van der Waals surface area contributed by atoms with Gasteiger partial charge in [-0.3, -0.25) is 0 Å². The number of rotatable bonds is 7. The van der Waals surface area contributed by atoms with Crippen LogP contribution in [0.25, 0.3) is 56.2 Å². The Morgan fingerprint density at radius 3 is 1.41 bits per heavy atom. The fraction of sp³-hybridized carbons (Fsp3) is 0.0189. The maximum atomic E-state index is 6.64. The van der Waals surface area contributed by atoms with Crippen LogP contribution in [-0.4, -0.2) is 9.97 Å². The third-order valence-corrected chi connectivity index (χ3v) is 10.9. The second-order valence-electron chi connectivity index (χ2n) is 14.1. The zero-order valence-electron chi connectivity index (χ0n) is 30.6. The van der Waals surface area contributed by atoms with Gasteiger partial charge >= 0.3 is 0 Å². The number of hydrogen-bond donors (Lipinski definition) is 0. The summed E-state index contributed by atoms with van der Waals surface area (Å²) < 4.78 is 6.64. The van der Waals surface area contributed by atoms with E-state index in [2.05, 4.69) is 194 Å². The average Bonchev–Trinajstić information content (AvgIpc) is 3.29. The molecule has 9 aromatic rings. The molecule has 1 aliphatic rings. The third kappa shape index (κ3) is 5.69. The van der Waals surface area contributed by atoms with Crippen LogP contribution in [0.15, 0.2) is 218 Å². The Morgan fingerprint density at radius 1 is 0.321 bits per heavy atom. The predicted octanol–water partition coefficient (Wildman–Crippen LogP) is 13.3. The van der Waals surface area contributed by atoms with E-state index in [4.69, 9.17) is 14.7 Å². The van der Waals surface area contributed by atoms with Gasteiger partial charge in [0, 0.05) is 27.8 Å². The fourth-order valence-electron chi connectivity index (χ4n) is 8.34. The molecular formula is C53H36N2O. The molecule has 0 spiro atoms. The molecular weight excluding hydrogens is 681 g/mol.